The molecule has 0 radical (unpaired) electrons. The lowest BCUT2D eigenvalue weighted by Crippen LogP contribution is -2.24. The number of hydrogen-bond donors (Lipinski definition) is 0. The van der Waals surface area contributed by atoms with Gasteiger partial charge in [-0.3, -0.25) is 4.57 Å². The molecule has 0 amide bonds. The fraction of sp³-hybridized carbons (Fsp3) is 0.146. The van der Waals surface area contributed by atoms with Crippen molar-refractivity contribution >= 4 is 60.8 Å². The van der Waals surface area contributed by atoms with Crippen molar-refractivity contribution < 1.29 is 9.15 Å². The van der Waals surface area contributed by atoms with Crippen LogP contribution in [-0.4, -0.2) is 23.3 Å². The Labute approximate surface area is 273 Å². The van der Waals surface area contributed by atoms with E-state index in [4.69, 9.17) is 14.1 Å². The number of para-hydroxylation sites is 4. The van der Waals surface area contributed by atoms with Gasteiger partial charge in [-0.1, -0.05) is 69.3 Å². The van der Waals surface area contributed by atoms with Gasteiger partial charge in [0, 0.05) is 58.7 Å². The van der Waals surface area contributed by atoms with E-state index in [9.17, 15) is 0 Å². The Bertz CT molecular complexity index is 2500. The Balaban J connectivity index is 1.17. The Hall–Kier alpha value is -5.75. The molecule has 0 saturated heterocycles. The molecule has 6 heteroatoms. The summed E-state index contributed by atoms with van der Waals surface area (Å²) >= 11 is 0. The van der Waals surface area contributed by atoms with Gasteiger partial charge in [-0.15, -0.1) is 0 Å². The number of rotatable bonds is 4. The summed E-state index contributed by atoms with van der Waals surface area (Å²) in [6.07, 6.45) is 1.92. The molecule has 9 rings (SSSR count). The predicted molar refractivity (Wildman–Crippen MR) is 193 cm³/mol. The fourth-order valence-corrected chi connectivity index (χ4v) is 6.96. The number of anilines is 3. The highest BCUT2D eigenvalue weighted by molar-refractivity contribution is 6.10. The van der Waals surface area contributed by atoms with Crippen LogP contribution in [0.5, 0.6) is 11.5 Å². The van der Waals surface area contributed by atoms with Crippen LogP contribution in [0.15, 0.2) is 126 Å². The van der Waals surface area contributed by atoms with Crippen molar-refractivity contribution in [2.24, 2.45) is 0 Å². The van der Waals surface area contributed by atoms with Gasteiger partial charge in [-0.2, -0.15) is 0 Å². The second-order valence-electron chi connectivity index (χ2n) is 13.5. The summed E-state index contributed by atoms with van der Waals surface area (Å²) in [5.74, 6) is 2.37. The number of hydrogen-bond acceptors (Lipinski definition) is 5. The zero-order valence-corrected chi connectivity index (χ0v) is 26.9. The molecule has 0 spiro atoms. The molecule has 0 unspecified atom stereocenters. The van der Waals surface area contributed by atoms with E-state index in [-0.39, 0.29) is 5.41 Å². The van der Waals surface area contributed by atoms with E-state index >= 15 is 0 Å². The Kier molecular flexibility index (Phi) is 5.94. The SMILES string of the molecule is CN1CN(c2cc(Oc3ccc4c5ccccc5n(-c5cc6oc7ccccc7c6cn5)c4c3)cc(C(C)(C)C)c2)c2ccccc21. The topological polar surface area (TPSA) is 46.7 Å². The standard InChI is InChI=1S/C41H34N4O2/c1-41(2,3)26-19-27(44-25-43(4)35-14-8-9-15-36(35)44)21-29(20-26)46-28-17-18-31-30-11-5-7-13-34(30)45(37(31)22-28)40-23-39-33(24-42-40)32-12-6-10-16-38(32)47-39/h5-24H,25H2,1-4H3. The average Bonchev–Trinajstić information content (AvgIpc) is 3.73. The van der Waals surface area contributed by atoms with E-state index in [0.29, 0.717) is 0 Å². The van der Waals surface area contributed by atoms with Crippen molar-refractivity contribution in [2.45, 2.75) is 26.2 Å². The van der Waals surface area contributed by atoms with Gasteiger partial charge in [0.2, 0.25) is 0 Å². The first-order valence-electron chi connectivity index (χ1n) is 16.0. The van der Waals surface area contributed by atoms with Crippen LogP contribution in [0.1, 0.15) is 26.3 Å². The molecule has 1 aliphatic rings. The first-order chi connectivity index (χ1) is 22.8. The molecular weight excluding hydrogens is 580 g/mol. The van der Waals surface area contributed by atoms with Gasteiger partial charge >= 0.3 is 0 Å². The second-order valence-corrected chi connectivity index (χ2v) is 13.5. The minimum atomic E-state index is -0.0589. The zero-order chi connectivity index (χ0) is 31.9. The Morgan fingerprint density at radius 3 is 2.26 bits per heavy atom. The van der Waals surface area contributed by atoms with E-state index in [0.717, 1.165) is 73.4 Å². The fourth-order valence-electron chi connectivity index (χ4n) is 6.96. The molecule has 0 saturated carbocycles. The van der Waals surface area contributed by atoms with Crippen LogP contribution in [0.4, 0.5) is 17.1 Å². The smallest absolute Gasteiger partial charge is 0.141 e. The highest BCUT2D eigenvalue weighted by Gasteiger charge is 2.26. The summed E-state index contributed by atoms with van der Waals surface area (Å²) in [5, 5.41) is 4.38. The third-order valence-electron chi connectivity index (χ3n) is 9.37. The third-order valence-corrected chi connectivity index (χ3v) is 9.37. The van der Waals surface area contributed by atoms with E-state index < -0.39 is 0 Å². The zero-order valence-electron chi connectivity index (χ0n) is 26.9. The number of furan rings is 1. The van der Waals surface area contributed by atoms with Crippen LogP contribution >= 0.6 is 0 Å². The van der Waals surface area contributed by atoms with Crippen molar-refractivity contribution in [3.8, 4) is 17.3 Å². The summed E-state index contributed by atoms with van der Waals surface area (Å²) in [7, 11) is 2.14. The predicted octanol–water partition coefficient (Wildman–Crippen LogP) is 10.7. The van der Waals surface area contributed by atoms with Gasteiger partial charge in [0.25, 0.3) is 0 Å². The lowest BCUT2D eigenvalue weighted by atomic mass is 9.86. The monoisotopic (exact) mass is 614 g/mol. The van der Waals surface area contributed by atoms with Gasteiger partial charge in [0.15, 0.2) is 0 Å². The maximum atomic E-state index is 6.74. The van der Waals surface area contributed by atoms with Crippen LogP contribution in [-0.2, 0) is 5.41 Å². The van der Waals surface area contributed by atoms with E-state index in [1.165, 1.54) is 16.9 Å². The summed E-state index contributed by atoms with van der Waals surface area (Å²) in [5.41, 5.74) is 8.48. The maximum Gasteiger partial charge on any atom is 0.141 e. The molecular formula is C41H34N4O2. The van der Waals surface area contributed by atoms with Crippen LogP contribution in [0.2, 0.25) is 0 Å². The van der Waals surface area contributed by atoms with E-state index in [1.54, 1.807) is 0 Å². The van der Waals surface area contributed by atoms with Crippen molar-refractivity contribution in [3.05, 3.63) is 127 Å². The first kappa shape index (κ1) is 27.6. The van der Waals surface area contributed by atoms with Gasteiger partial charge in [-0.05, 0) is 59.5 Å². The third kappa shape index (κ3) is 4.43. The molecule has 230 valence electrons. The summed E-state index contributed by atoms with van der Waals surface area (Å²) in [4.78, 5) is 9.60. The quantitative estimate of drug-likeness (QED) is 0.197. The number of benzene rings is 5. The average molecular weight is 615 g/mol. The van der Waals surface area contributed by atoms with Gasteiger partial charge in [0.1, 0.15) is 28.5 Å². The largest absolute Gasteiger partial charge is 0.457 e. The molecule has 8 aromatic rings. The van der Waals surface area contributed by atoms with Crippen LogP contribution in [0.25, 0.3) is 49.6 Å². The Morgan fingerprint density at radius 1 is 0.660 bits per heavy atom. The molecule has 5 aromatic carbocycles. The minimum absolute atomic E-state index is 0.0589. The number of ether oxygens (including phenoxy) is 1. The lowest BCUT2D eigenvalue weighted by molar-refractivity contribution is 0.479. The first-order valence-corrected chi connectivity index (χ1v) is 16.0. The molecule has 6 nitrogen and oxygen atoms in total. The number of nitrogens with zero attached hydrogens (tertiary/aromatic N) is 4. The Morgan fingerprint density at radius 2 is 1.40 bits per heavy atom. The normalized spacial score (nSPS) is 13.4. The number of fused-ring (bicyclic) bond motifs is 7. The summed E-state index contributed by atoms with van der Waals surface area (Å²) in [6.45, 7) is 7.52. The van der Waals surface area contributed by atoms with Crippen molar-refractivity contribution in [2.75, 3.05) is 23.5 Å². The second kappa shape index (κ2) is 10.1. The van der Waals surface area contributed by atoms with Gasteiger partial charge in [-0.25, -0.2) is 4.98 Å². The molecule has 0 fully saturated rings. The van der Waals surface area contributed by atoms with Crippen LogP contribution in [0, 0.1) is 0 Å². The molecule has 4 heterocycles. The summed E-state index contributed by atoms with van der Waals surface area (Å²) in [6, 6.07) is 40.1. The number of aromatic nitrogens is 2. The highest BCUT2D eigenvalue weighted by atomic mass is 16.5. The molecule has 0 bridgehead atoms. The minimum Gasteiger partial charge on any atom is -0.457 e. The van der Waals surface area contributed by atoms with E-state index in [2.05, 4.69) is 133 Å². The molecule has 3 aromatic heterocycles. The highest BCUT2D eigenvalue weighted by Crippen LogP contribution is 2.43. The van der Waals surface area contributed by atoms with Crippen molar-refractivity contribution in [1.82, 2.24) is 9.55 Å². The van der Waals surface area contributed by atoms with Gasteiger partial charge in [0.05, 0.1) is 29.1 Å². The lowest BCUT2D eigenvalue weighted by Gasteiger charge is -2.25. The maximum absolute atomic E-state index is 6.74. The molecule has 0 N–H and O–H groups in total. The van der Waals surface area contributed by atoms with Crippen LogP contribution < -0.4 is 14.5 Å². The summed E-state index contributed by atoms with van der Waals surface area (Å²) < 4.78 is 15.2. The molecule has 0 aliphatic carbocycles. The van der Waals surface area contributed by atoms with Crippen molar-refractivity contribution in [1.29, 1.82) is 0 Å². The molecule has 1 aliphatic heterocycles. The molecule has 47 heavy (non-hydrogen) atoms. The molecule has 0 atom stereocenters. The van der Waals surface area contributed by atoms with E-state index in [1.807, 2.05) is 30.5 Å². The number of pyridine rings is 1. The van der Waals surface area contributed by atoms with Gasteiger partial charge < -0.3 is 19.0 Å². The van der Waals surface area contributed by atoms with Crippen LogP contribution in [0.3, 0.4) is 0 Å². The van der Waals surface area contributed by atoms with Crippen molar-refractivity contribution in [3.63, 3.8) is 0 Å².